The van der Waals surface area contributed by atoms with Crippen molar-refractivity contribution in [1.82, 2.24) is 20.1 Å². The van der Waals surface area contributed by atoms with Gasteiger partial charge in [-0.3, -0.25) is 19.4 Å². The maximum Gasteiger partial charge on any atom is 0.270 e. The standard InChI is InChI=1S/C23H26N4O3/c28-21-14-18(16-27(21)15-17-6-2-1-3-7-17)23(30)26-12-9-19(10-13-26)25-22(29)20-8-4-5-11-24-20/h1-8,11,18-19H,9-10,12-16H2,(H,25,29). The van der Waals surface area contributed by atoms with Crippen molar-refractivity contribution in [3.63, 3.8) is 0 Å². The molecule has 0 aliphatic carbocycles. The molecule has 2 aliphatic heterocycles. The molecular formula is C23H26N4O3. The molecule has 2 saturated heterocycles. The lowest BCUT2D eigenvalue weighted by atomic mass is 10.0. The molecule has 0 spiro atoms. The SMILES string of the molecule is O=C(NC1CCN(C(=O)C2CC(=O)N(Cc3ccccc3)C2)CC1)c1ccccn1. The molecular weight excluding hydrogens is 380 g/mol. The maximum atomic E-state index is 12.9. The van der Waals surface area contributed by atoms with E-state index in [2.05, 4.69) is 10.3 Å². The first-order valence-corrected chi connectivity index (χ1v) is 10.4. The first kappa shape index (κ1) is 20.1. The highest BCUT2D eigenvalue weighted by Gasteiger charge is 2.37. The van der Waals surface area contributed by atoms with Crippen molar-refractivity contribution >= 4 is 17.7 Å². The second kappa shape index (κ2) is 9.07. The van der Waals surface area contributed by atoms with Crippen LogP contribution in [0.4, 0.5) is 0 Å². The number of aromatic nitrogens is 1. The van der Waals surface area contributed by atoms with Crippen molar-refractivity contribution in [2.45, 2.75) is 31.8 Å². The number of pyridine rings is 1. The van der Waals surface area contributed by atoms with E-state index in [1.165, 1.54) is 0 Å². The predicted octanol–water partition coefficient (Wildman–Crippen LogP) is 1.85. The van der Waals surface area contributed by atoms with Crippen molar-refractivity contribution in [2.24, 2.45) is 5.92 Å². The van der Waals surface area contributed by atoms with Gasteiger partial charge in [0.05, 0.1) is 5.92 Å². The molecule has 3 heterocycles. The van der Waals surface area contributed by atoms with Gasteiger partial charge in [-0.25, -0.2) is 0 Å². The van der Waals surface area contributed by atoms with E-state index in [0.717, 1.165) is 5.56 Å². The third-order valence-corrected chi connectivity index (χ3v) is 5.82. The molecule has 1 aromatic heterocycles. The van der Waals surface area contributed by atoms with Crippen LogP contribution < -0.4 is 5.32 Å². The number of rotatable bonds is 5. The van der Waals surface area contributed by atoms with Crippen LogP contribution >= 0.6 is 0 Å². The number of hydrogen-bond donors (Lipinski definition) is 1. The summed E-state index contributed by atoms with van der Waals surface area (Å²) in [5.41, 5.74) is 1.47. The molecule has 30 heavy (non-hydrogen) atoms. The minimum absolute atomic E-state index is 0.0309. The Morgan fingerprint density at radius 1 is 1.03 bits per heavy atom. The number of benzene rings is 1. The number of likely N-dealkylation sites (tertiary alicyclic amines) is 2. The number of amides is 3. The topological polar surface area (TPSA) is 82.6 Å². The molecule has 3 amide bonds. The van der Waals surface area contributed by atoms with E-state index in [1.54, 1.807) is 29.3 Å². The van der Waals surface area contributed by atoms with Crippen molar-refractivity contribution in [3.8, 4) is 0 Å². The molecule has 0 saturated carbocycles. The van der Waals surface area contributed by atoms with Crippen LogP contribution in [-0.4, -0.2) is 58.2 Å². The predicted molar refractivity (Wildman–Crippen MR) is 111 cm³/mol. The average molecular weight is 406 g/mol. The largest absolute Gasteiger partial charge is 0.348 e. The van der Waals surface area contributed by atoms with Crippen molar-refractivity contribution < 1.29 is 14.4 Å². The lowest BCUT2D eigenvalue weighted by Crippen LogP contribution is -2.48. The fourth-order valence-electron chi connectivity index (χ4n) is 4.15. The molecule has 2 aromatic rings. The fourth-order valence-corrected chi connectivity index (χ4v) is 4.15. The van der Waals surface area contributed by atoms with E-state index < -0.39 is 0 Å². The van der Waals surface area contributed by atoms with Gasteiger partial charge in [0.2, 0.25) is 11.8 Å². The van der Waals surface area contributed by atoms with Gasteiger partial charge < -0.3 is 15.1 Å². The van der Waals surface area contributed by atoms with Gasteiger partial charge in [0.25, 0.3) is 5.91 Å². The minimum atomic E-state index is -0.277. The second-order valence-corrected chi connectivity index (χ2v) is 7.95. The van der Waals surface area contributed by atoms with Crippen molar-refractivity contribution in [2.75, 3.05) is 19.6 Å². The van der Waals surface area contributed by atoms with Gasteiger partial charge in [0.1, 0.15) is 5.69 Å². The van der Waals surface area contributed by atoms with Gasteiger partial charge in [-0.2, -0.15) is 0 Å². The van der Waals surface area contributed by atoms with Crippen LogP contribution in [-0.2, 0) is 16.1 Å². The summed E-state index contributed by atoms with van der Waals surface area (Å²) < 4.78 is 0. The van der Waals surface area contributed by atoms with Crippen molar-refractivity contribution in [1.29, 1.82) is 0 Å². The molecule has 7 nitrogen and oxygen atoms in total. The highest BCUT2D eigenvalue weighted by Crippen LogP contribution is 2.24. The van der Waals surface area contributed by atoms with Gasteiger partial charge in [-0.15, -0.1) is 0 Å². The summed E-state index contributed by atoms with van der Waals surface area (Å²) in [4.78, 5) is 45.3. The van der Waals surface area contributed by atoms with Gasteiger partial charge in [-0.05, 0) is 30.5 Å². The van der Waals surface area contributed by atoms with Gasteiger partial charge in [0, 0.05) is 44.8 Å². The summed E-state index contributed by atoms with van der Waals surface area (Å²) in [6.45, 7) is 2.21. The lowest BCUT2D eigenvalue weighted by molar-refractivity contribution is -0.136. The van der Waals surface area contributed by atoms with Crippen LogP contribution in [0.5, 0.6) is 0 Å². The van der Waals surface area contributed by atoms with E-state index in [9.17, 15) is 14.4 Å². The molecule has 1 atom stereocenters. The van der Waals surface area contributed by atoms with Crippen LogP contribution in [0.2, 0.25) is 0 Å². The summed E-state index contributed by atoms with van der Waals surface area (Å²) in [6.07, 6.45) is 3.29. The number of hydrogen-bond acceptors (Lipinski definition) is 4. The third kappa shape index (κ3) is 4.67. The number of nitrogens with zero attached hydrogens (tertiary/aromatic N) is 3. The molecule has 156 valence electrons. The smallest absolute Gasteiger partial charge is 0.270 e. The number of piperidine rings is 1. The third-order valence-electron chi connectivity index (χ3n) is 5.82. The molecule has 1 N–H and O–H groups in total. The van der Waals surface area contributed by atoms with Gasteiger partial charge in [0.15, 0.2) is 0 Å². The fraction of sp³-hybridized carbons (Fsp3) is 0.391. The Morgan fingerprint density at radius 2 is 1.77 bits per heavy atom. The summed E-state index contributed by atoms with van der Waals surface area (Å²) >= 11 is 0. The maximum absolute atomic E-state index is 12.9. The van der Waals surface area contributed by atoms with Crippen LogP contribution in [0.15, 0.2) is 54.7 Å². The Labute approximate surface area is 176 Å². The first-order chi connectivity index (χ1) is 14.6. The summed E-state index contributed by atoms with van der Waals surface area (Å²) in [5.74, 6) is -0.373. The molecule has 0 bridgehead atoms. The summed E-state index contributed by atoms with van der Waals surface area (Å²) in [6, 6.07) is 15.1. The Balaban J connectivity index is 1.26. The van der Waals surface area contributed by atoms with E-state index >= 15 is 0 Å². The molecule has 4 rings (SSSR count). The molecule has 1 unspecified atom stereocenters. The van der Waals surface area contributed by atoms with E-state index in [4.69, 9.17) is 0 Å². The molecule has 1 aromatic carbocycles. The molecule has 2 fully saturated rings. The van der Waals surface area contributed by atoms with E-state index in [1.807, 2.05) is 35.2 Å². The van der Waals surface area contributed by atoms with Crippen LogP contribution in [0, 0.1) is 5.92 Å². The zero-order chi connectivity index (χ0) is 20.9. The normalized spacial score (nSPS) is 19.7. The van der Waals surface area contributed by atoms with Crippen LogP contribution in [0.3, 0.4) is 0 Å². The summed E-state index contributed by atoms with van der Waals surface area (Å²) in [5, 5.41) is 3.00. The zero-order valence-electron chi connectivity index (χ0n) is 16.9. The van der Waals surface area contributed by atoms with Gasteiger partial charge >= 0.3 is 0 Å². The average Bonchev–Trinajstić information content (AvgIpc) is 3.15. The lowest BCUT2D eigenvalue weighted by Gasteiger charge is -2.33. The van der Waals surface area contributed by atoms with Crippen LogP contribution in [0.25, 0.3) is 0 Å². The Kier molecular flexibility index (Phi) is 6.07. The number of carbonyl (C=O) groups excluding carboxylic acids is 3. The molecule has 0 radical (unpaired) electrons. The Morgan fingerprint density at radius 3 is 2.47 bits per heavy atom. The molecule has 2 aliphatic rings. The number of carbonyl (C=O) groups is 3. The van der Waals surface area contributed by atoms with E-state index in [0.29, 0.717) is 44.7 Å². The molecule has 7 heteroatoms. The van der Waals surface area contributed by atoms with Gasteiger partial charge in [-0.1, -0.05) is 36.4 Å². The van der Waals surface area contributed by atoms with Crippen LogP contribution in [0.1, 0.15) is 35.3 Å². The number of nitrogens with one attached hydrogen (secondary N) is 1. The quantitative estimate of drug-likeness (QED) is 0.822. The summed E-state index contributed by atoms with van der Waals surface area (Å²) in [7, 11) is 0. The Hall–Kier alpha value is -3.22. The van der Waals surface area contributed by atoms with Crippen molar-refractivity contribution in [3.05, 3.63) is 66.0 Å². The minimum Gasteiger partial charge on any atom is -0.348 e. The van der Waals surface area contributed by atoms with E-state index in [-0.39, 0.29) is 36.1 Å². The monoisotopic (exact) mass is 406 g/mol. The second-order valence-electron chi connectivity index (χ2n) is 7.95. The highest BCUT2D eigenvalue weighted by atomic mass is 16.2. The Bertz CT molecular complexity index is 895. The zero-order valence-corrected chi connectivity index (χ0v) is 16.9. The first-order valence-electron chi connectivity index (χ1n) is 10.4. The highest BCUT2D eigenvalue weighted by molar-refractivity contribution is 5.92.